The van der Waals surface area contributed by atoms with Gasteiger partial charge in [0.25, 0.3) is 0 Å². The lowest BCUT2D eigenvalue weighted by Crippen LogP contribution is -2.66. The molecular formula is C68H68Cl2N6O12. The van der Waals surface area contributed by atoms with Gasteiger partial charge in [0.1, 0.15) is 51.4 Å². The highest BCUT2D eigenvalue weighted by Gasteiger charge is 2.55. The molecule has 0 bridgehead atoms. The molecule has 20 heteroatoms. The summed E-state index contributed by atoms with van der Waals surface area (Å²) in [7, 11) is 0. The summed E-state index contributed by atoms with van der Waals surface area (Å²) in [6.07, 6.45) is -2.89. The van der Waals surface area contributed by atoms with E-state index >= 15 is 0 Å². The smallest absolute Gasteiger partial charge is 0.412 e. The first kappa shape index (κ1) is 62.1. The third kappa shape index (κ3) is 13.3. The molecule has 0 saturated carbocycles. The van der Waals surface area contributed by atoms with E-state index in [2.05, 4.69) is 25.8 Å². The topological polar surface area (TPSA) is 214 Å². The molecule has 3 amide bonds. The molecule has 2 aromatic heterocycles. The number of hydrogen-bond donors (Lipinski definition) is 2. The minimum Gasteiger partial charge on any atom is -0.465 e. The molecule has 0 spiro atoms. The summed E-state index contributed by atoms with van der Waals surface area (Å²) < 4.78 is 40.0. The van der Waals surface area contributed by atoms with Crippen molar-refractivity contribution in [3.8, 4) is 44.9 Å². The van der Waals surface area contributed by atoms with Crippen LogP contribution in [0.25, 0.3) is 44.9 Å². The van der Waals surface area contributed by atoms with Gasteiger partial charge < -0.3 is 37.6 Å². The Hall–Kier alpha value is -8.97. The first-order valence-corrected chi connectivity index (χ1v) is 29.8. The fourth-order valence-corrected chi connectivity index (χ4v) is 11.6. The summed E-state index contributed by atoms with van der Waals surface area (Å²) in [5.74, 6) is -0.0596. The SMILES string of the molecule is CCOC(=O)C1(c2ccc(-c3ccc(-c4onc(C)c4NC(=O)O[C@H](C)c4ccccc4Cl)cc3)cc2)CN(CCc2noc(-c3ccc(-c4ccc(C5(C(=O)OCC)CN(C(=O)OC(C)(C)C)C5)cc4)cc3)c2NC(=O)O[C@H](C)c2ccccc2Cl)C1. The van der Waals surface area contributed by atoms with Crippen molar-refractivity contribution in [1.29, 1.82) is 0 Å². The zero-order chi connectivity index (χ0) is 62.5. The molecule has 0 radical (unpaired) electrons. The van der Waals surface area contributed by atoms with Crippen molar-refractivity contribution in [2.75, 3.05) is 56.6 Å². The number of aryl methyl sites for hydroxylation is 1. The molecular weight excluding hydrogens is 1160 g/mol. The molecule has 10 rings (SSSR count). The second-order valence-electron chi connectivity index (χ2n) is 22.9. The molecule has 6 aromatic carbocycles. The standard InChI is InChI=1S/C68H68Cl2N6O12/c1-9-82-61(77)67(50-31-27-46(28-32-50)44-19-23-48(24-20-44)59-57(41(3)73-87-59)71-63(79)84-42(4)52-15-11-13-17-54(52)69)37-75(38-67)36-35-56-58(72-64(80)85-43(5)53-16-12-14-18-55(53)70)60(88-74-56)49-25-21-45(22-26-49)47-29-33-51(34-30-47)68(62(78)83-10-2)39-76(40-68)65(81)86-66(6,7)8/h11-34,42-43H,9-10,35-40H2,1-8H3,(H,71,79)(H,72,80)/t42-,43-/m1/s1. The van der Waals surface area contributed by atoms with Crippen LogP contribution >= 0.6 is 23.2 Å². The summed E-state index contributed by atoms with van der Waals surface area (Å²) in [4.78, 5) is 70.7. The Labute approximate surface area is 520 Å². The Morgan fingerprint density at radius 2 is 0.966 bits per heavy atom. The van der Waals surface area contributed by atoms with Crippen molar-refractivity contribution in [2.24, 2.45) is 0 Å². The van der Waals surface area contributed by atoms with Crippen molar-refractivity contribution >= 4 is 64.8 Å². The third-order valence-electron chi connectivity index (χ3n) is 15.7. The lowest BCUT2D eigenvalue weighted by molar-refractivity contribution is -0.158. The van der Waals surface area contributed by atoms with E-state index in [9.17, 15) is 24.0 Å². The number of hydrogen-bond acceptors (Lipinski definition) is 15. The van der Waals surface area contributed by atoms with Crippen LogP contribution in [0.15, 0.2) is 155 Å². The van der Waals surface area contributed by atoms with E-state index in [0.717, 1.165) is 33.4 Å². The number of nitrogens with one attached hydrogen (secondary N) is 2. The molecule has 2 N–H and O–H groups in total. The number of ether oxygens (including phenoxy) is 5. The third-order valence-corrected chi connectivity index (χ3v) is 16.4. The molecule has 4 heterocycles. The number of halogens is 2. The first-order valence-electron chi connectivity index (χ1n) is 29.1. The quantitative estimate of drug-likeness (QED) is 0.0569. The highest BCUT2D eigenvalue weighted by Crippen LogP contribution is 2.42. The molecule has 0 aliphatic carbocycles. The number of likely N-dealkylation sites (tertiary alicyclic amines) is 2. The number of anilines is 2. The van der Waals surface area contributed by atoms with E-state index in [1.807, 2.05) is 109 Å². The highest BCUT2D eigenvalue weighted by molar-refractivity contribution is 6.31. The fraction of sp³-hybridized carbons (Fsp3) is 0.309. The van der Waals surface area contributed by atoms with Crippen molar-refractivity contribution in [1.82, 2.24) is 20.1 Å². The van der Waals surface area contributed by atoms with E-state index in [-0.39, 0.29) is 32.3 Å². The molecule has 88 heavy (non-hydrogen) atoms. The van der Waals surface area contributed by atoms with Gasteiger partial charge >= 0.3 is 30.2 Å². The molecule has 2 saturated heterocycles. The minimum atomic E-state index is -1.04. The predicted octanol–water partition coefficient (Wildman–Crippen LogP) is 15.0. The van der Waals surface area contributed by atoms with Gasteiger partial charge in [-0.05, 0) is 101 Å². The van der Waals surface area contributed by atoms with E-state index in [4.69, 9.17) is 55.9 Å². The van der Waals surface area contributed by atoms with E-state index in [1.165, 1.54) is 4.90 Å². The van der Waals surface area contributed by atoms with Gasteiger partial charge in [-0.15, -0.1) is 0 Å². The van der Waals surface area contributed by atoms with Gasteiger partial charge in [0.2, 0.25) is 0 Å². The maximum Gasteiger partial charge on any atom is 0.412 e. The monoisotopic (exact) mass is 1230 g/mol. The van der Waals surface area contributed by atoms with Gasteiger partial charge in [-0.3, -0.25) is 25.1 Å². The molecule has 456 valence electrons. The number of nitrogens with zero attached hydrogens (tertiary/aromatic N) is 4. The van der Waals surface area contributed by atoms with Crippen LogP contribution in [-0.2, 0) is 50.5 Å². The minimum absolute atomic E-state index is 0.127. The van der Waals surface area contributed by atoms with Gasteiger partial charge in [0.15, 0.2) is 11.5 Å². The Balaban J connectivity index is 0.826. The normalized spacial score (nSPS) is 15.0. The highest BCUT2D eigenvalue weighted by atomic mass is 35.5. The maximum absolute atomic E-state index is 13.9. The summed E-state index contributed by atoms with van der Waals surface area (Å²) >= 11 is 12.8. The number of amides is 3. The van der Waals surface area contributed by atoms with Crippen LogP contribution in [0.2, 0.25) is 10.0 Å². The van der Waals surface area contributed by atoms with E-state index in [0.29, 0.717) is 92.6 Å². The van der Waals surface area contributed by atoms with Crippen LogP contribution in [0.4, 0.5) is 25.8 Å². The number of carbonyl (C=O) groups excluding carboxylic acids is 5. The van der Waals surface area contributed by atoms with Crippen LogP contribution < -0.4 is 10.6 Å². The zero-order valence-electron chi connectivity index (χ0n) is 50.1. The average Bonchev–Trinajstić information content (AvgIpc) is 1.45. The molecule has 18 nitrogen and oxygen atoms in total. The number of aromatic nitrogens is 2. The van der Waals surface area contributed by atoms with Crippen molar-refractivity contribution in [3.63, 3.8) is 0 Å². The van der Waals surface area contributed by atoms with Crippen molar-refractivity contribution in [3.05, 3.63) is 189 Å². The van der Waals surface area contributed by atoms with Gasteiger partial charge in [-0.2, -0.15) is 0 Å². The second-order valence-corrected chi connectivity index (χ2v) is 23.7. The number of carbonyl (C=O) groups is 5. The van der Waals surface area contributed by atoms with Crippen LogP contribution in [0.1, 0.15) is 94.3 Å². The van der Waals surface area contributed by atoms with Crippen LogP contribution in [0.5, 0.6) is 0 Å². The van der Waals surface area contributed by atoms with Gasteiger partial charge in [-0.1, -0.05) is 167 Å². The number of esters is 2. The zero-order valence-corrected chi connectivity index (χ0v) is 51.6. The Morgan fingerprint density at radius 3 is 1.41 bits per heavy atom. The molecule has 2 fully saturated rings. The van der Waals surface area contributed by atoms with Crippen molar-refractivity contribution in [2.45, 2.75) is 90.4 Å². The van der Waals surface area contributed by atoms with Crippen LogP contribution in [0.3, 0.4) is 0 Å². The maximum atomic E-state index is 13.9. The lowest BCUT2D eigenvalue weighted by atomic mass is 9.73. The molecule has 2 aliphatic rings. The number of rotatable bonds is 19. The van der Waals surface area contributed by atoms with Gasteiger partial charge in [0.05, 0.1) is 13.2 Å². The average molecular weight is 1230 g/mol. The molecule has 0 unspecified atom stereocenters. The molecule has 2 aliphatic heterocycles. The molecule has 2 atom stereocenters. The summed E-state index contributed by atoms with van der Waals surface area (Å²) in [6, 6.07) is 45.0. The first-order chi connectivity index (χ1) is 42.2. The Morgan fingerprint density at radius 1 is 0.568 bits per heavy atom. The fourth-order valence-electron chi connectivity index (χ4n) is 11.0. The lowest BCUT2D eigenvalue weighted by Gasteiger charge is -2.48. The Kier molecular flexibility index (Phi) is 18.5. The summed E-state index contributed by atoms with van der Waals surface area (Å²) in [6.45, 7) is 16.0. The second kappa shape index (κ2) is 26.2. The van der Waals surface area contributed by atoms with Crippen molar-refractivity contribution < 1.29 is 56.7 Å². The van der Waals surface area contributed by atoms with Gasteiger partial charge in [0, 0.05) is 71.4 Å². The largest absolute Gasteiger partial charge is 0.465 e. The van der Waals surface area contributed by atoms with E-state index < -0.39 is 52.9 Å². The summed E-state index contributed by atoms with van der Waals surface area (Å²) in [5.41, 5.74) is 6.68. The number of benzene rings is 6. The predicted molar refractivity (Wildman–Crippen MR) is 334 cm³/mol. The van der Waals surface area contributed by atoms with Crippen LogP contribution in [-0.4, -0.2) is 102 Å². The van der Waals surface area contributed by atoms with E-state index in [1.54, 1.807) is 91.8 Å². The summed E-state index contributed by atoms with van der Waals surface area (Å²) in [5, 5.41) is 15.3. The molecule has 8 aromatic rings. The van der Waals surface area contributed by atoms with Crippen LogP contribution in [0, 0.1) is 6.92 Å². The van der Waals surface area contributed by atoms with Gasteiger partial charge in [-0.25, -0.2) is 14.4 Å². The Bertz CT molecular complexity index is 3830.